The van der Waals surface area contributed by atoms with Crippen molar-refractivity contribution >= 4 is 41.8 Å². The Labute approximate surface area is 135 Å². The van der Waals surface area contributed by atoms with Crippen molar-refractivity contribution in [2.75, 3.05) is 13.7 Å². The van der Waals surface area contributed by atoms with E-state index in [1.54, 1.807) is 0 Å². The highest BCUT2D eigenvalue weighted by Gasteiger charge is 2.18. The number of nitrogens with one attached hydrogen (secondary N) is 2. The Morgan fingerprint density at radius 2 is 2.10 bits per heavy atom. The first-order valence-corrected chi connectivity index (χ1v) is 6.11. The smallest absolute Gasteiger partial charge is 0.239 e. The quantitative estimate of drug-likeness (QED) is 0.773. The Kier molecular flexibility index (Phi) is 8.27. The van der Waals surface area contributed by atoms with Crippen molar-refractivity contribution in [3.63, 3.8) is 0 Å². The molecule has 0 aliphatic carbocycles. The molecule has 118 valence electrons. The molecule has 0 aliphatic heterocycles. The summed E-state index contributed by atoms with van der Waals surface area (Å²) in [5.74, 6) is 0.453. The molecule has 0 spiro atoms. The molecule has 2 aromatic rings. The summed E-state index contributed by atoms with van der Waals surface area (Å²) >= 11 is 0. The van der Waals surface area contributed by atoms with Gasteiger partial charge in [0, 0.05) is 7.11 Å². The summed E-state index contributed by atoms with van der Waals surface area (Å²) < 4.78 is 4.85. The third-order valence-electron chi connectivity index (χ3n) is 2.86. The van der Waals surface area contributed by atoms with Gasteiger partial charge in [-0.2, -0.15) is 0 Å². The molecule has 0 bridgehead atoms. The minimum atomic E-state index is -0.670. The fourth-order valence-electron chi connectivity index (χ4n) is 1.82. The number of nitrogens with two attached hydrogens (primary N) is 1. The van der Waals surface area contributed by atoms with Gasteiger partial charge in [-0.15, -0.1) is 24.8 Å². The average molecular weight is 335 g/mol. The highest BCUT2D eigenvalue weighted by atomic mass is 35.5. The molecule has 0 aliphatic rings. The van der Waals surface area contributed by atoms with Crippen molar-refractivity contribution in [1.29, 1.82) is 0 Å². The van der Waals surface area contributed by atoms with Crippen molar-refractivity contribution in [2.24, 2.45) is 5.73 Å². The van der Waals surface area contributed by atoms with Crippen LogP contribution in [0.1, 0.15) is 18.8 Å². The fourth-order valence-corrected chi connectivity index (χ4v) is 1.82. The van der Waals surface area contributed by atoms with Gasteiger partial charge in [-0.3, -0.25) is 4.79 Å². The molecule has 1 heterocycles. The lowest BCUT2D eigenvalue weighted by Crippen LogP contribution is -2.44. The van der Waals surface area contributed by atoms with Crippen molar-refractivity contribution < 1.29 is 9.53 Å². The van der Waals surface area contributed by atoms with Crippen LogP contribution in [0.4, 0.5) is 0 Å². The largest absolute Gasteiger partial charge is 0.383 e. The van der Waals surface area contributed by atoms with E-state index in [1.165, 1.54) is 7.11 Å². The predicted molar refractivity (Wildman–Crippen MR) is 87.0 cm³/mol. The van der Waals surface area contributed by atoms with Crippen LogP contribution in [0.5, 0.6) is 0 Å². The number of methoxy groups -OCH3 is 1. The first-order valence-electron chi connectivity index (χ1n) is 6.11. The molecule has 0 saturated heterocycles. The van der Waals surface area contributed by atoms with E-state index in [-0.39, 0.29) is 43.4 Å². The van der Waals surface area contributed by atoms with Crippen LogP contribution in [-0.2, 0) is 9.53 Å². The summed E-state index contributed by atoms with van der Waals surface area (Å²) in [5.41, 5.74) is 7.48. The first-order chi connectivity index (χ1) is 9.11. The van der Waals surface area contributed by atoms with Crippen LogP contribution in [0.3, 0.4) is 0 Å². The molecule has 2 unspecified atom stereocenters. The highest BCUT2D eigenvalue weighted by molar-refractivity contribution is 5.85. The molecule has 1 amide bonds. The zero-order valence-electron chi connectivity index (χ0n) is 11.8. The minimum Gasteiger partial charge on any atom is -0.383 e. The highest BCUT2D eigenvalue weighted by Crippen LogP contribution is 2.15. The fraction of sp³-hybridized carbons (Fsp3) is 0.385. The summed E-state index contributed by atoms with van der Waals surface area (Å²) in [6.45, 7) is 2.05. The average Bonchev–Trinajstić information content (AvgIpc) is 2.82. The number of H-pyrrole nitrogens is 1. The number of aromatic nitrogens is 2. The Morgan fingerprint density at radius 3 is 2.71 bits per heavy atom. The van der Waals surface area contributed by atoms with Gasteiger partial charge in [-0.1, -0.05) is 12.1 Å². The number of fused-ring (bicyclic) bond motifs is 1. The van der Waals surface area contributed by atoms with Crippen molar-refractivity contribution in [3.8, 4) is 0 Å². The zero-order chi connectivity index (χ0) is 13.8. The summed E-state index contributed by atoms with van der Waals surface area (Å²) in [4.78, 5) is 19.4. The van der Waals surface area contributed by atoms with Gasteiger partial charge in [0.2, 0.25) is 5.91 Å². The number of ether oxygens (including phenoxy) is 1. The lowest BCUT2D eigenvalue weighted by Gasteiger charge is -2.15. The molecular weight excluding hydrogens is 315 g/mol. The molecule has 0 radical (unpaired) electrons. The Balaban J connectivity index is 0.00000200. The number of halogens is 2. The number of hydrogen-bond donors (Lipinski definition) is 3. The normalized spacial score (nSPS) is 12.9. The van der Waals surface area contributed by atoms with E-state index in [9.17, 15) is 4.79 Å². The third kappa shape index (κ3) is 4.86. The van der Waals surface area contributed by atoms with Gasteiger partial charge >= 0.3 is 0 Å². The SMILES string of the molecule is COCC(N)C(=O)NC(C)c1nc2ccccc2[nH]1.Cl.Cl. The number of amides is 1. The van der Waals surface area contributed by atoms with Gasteiger partial charge in [0.1, 0.15) is 11.9 Å². The number of nitrogens with zero attached hydrogens (tertiary/aromatic N) is 1. The first kappa shape index (κ1) is 19.7. The van der Waals surface area contributed by atoms with Crippen molar-refractivity contribution in [2.45, 2.75) is 19.0 Å². The number of aromatic amines is 1. The van der Waals surface area contributed by atoms with E-state index in [0.717, 1.165) is 11.0 Å². The van der Waals surface area contributed by atoms with Crippen LogP contribution in [0, 0.1) is 0 Å². The van der Waals surface area contributed by atoms with Gasteiger partial charge in [0.15, 0.2) is 0 Å². The molecule has 21 heavy (non-hydrogen) atoms. The maximum Gasteiger partial charge on any atom is 0.239 e. The molecule has 6 nitrogen and oxygen atoms in total. The number of carbonyl (C=O) groups excluding carboxylic acids is 1. The van der Waals surface area contributed by atoms with E-state index >= 15 is 0 Å². The monoisotopic (exact) mass is 334 g/mol. The second-order valence-corrected chi connectivity index (χ2v) is 4.43. The molecular formula is C13H20Cl2N4O2. The number of carbonyl (C=O) groups is 1. The van der Waals surface area contributed by atoms with Gasteiger partial charge in [-0.25, -0.2) is 4.98 Å². The van der Waals surface area contributed by atoms with Gasteiger partial charge in [-0.05, 0) is 19.1 Å². The Morgan fingerprint density at radius 1 is 1.43 bits per heavy atom. The third-order valence-corrected chi connectivity index (χ3v) is 2.86. The van der Waals surface area contributed by atoms with Gasteiger partial charge in [0.25, 0.3) is 0 Å². The standard InChI is InChI=1S/C13H18N4O2.2ClH/c1-8(15-13(18)9(14)7-19-2)12-16-10-5-3-4-6-11(10)17-12;;/h3-6,8-9H,7,14H2,1-2H3,(H,15,18)(H,16,17);2*1H. The second-order valence-electron chi connectivity index (χ2n) is 4.43. The molecule has 8 heteroatoms. The van der Waals surface area contributed by atoms with Crippen molar-refractivity contribution in [1.82, 2.24) is 15.3 Å². The molecule has 0 fully saturated rings. The molecule has 4 N–H and O–H groups in total. The van der Waals surface area contributed by atoms with Crippen LogP contribution < -0.4 is 11.1 Å². The Bertz CT molecular complexity index is 543. The number of imidazole rings is 1. The zero-order valence-corrected chi connectivity index (χ0v) is 13.5. The Hall–Kier alpha value is -1.34. The second kappa shape index (κ2) is 8.84. The summed E-state index contributed by atoms with van der Waals surface area (Å²) in [7, 11) is 1.51. The van der Waals surface area contributed by atoms with Gasteiger partial charge in [0.05, 0.1) is 23.7 Å². The number of rotatable bonds is 5. The van der Waals surface area contributed by atoms with E-state index < -0.39 is 6.04 Å². The molecule has 2 rings (SSSR count). The van der Waals surface area contributed by atoms with Crippen LogP contribution in [0.15, 0.2) is 24.3 Å². The summed E-state index contributed by atoms with van der Waals surface area (Å²) in [6, 6.07) is 6.81. The number of hydrogen-bond acceptors (Lipinski definition) is 4. The molecule has 1 aromatic heterocycles. The van der Waals surface area contributed by atoms with Crippen molar-refractivity contribution in [3.05, 3.63) is 30.1 Å². The van der Waals surface area contributed by atoms with Gasteiger partial charge < -0.3 is 20.8 Å². The summed E-state index contributed by atoms with van der Waals surface area (Å²) in [5, 5.41) is 2.80. The van der Waals surface area contributed by atoms with Crippen LogP contribution in [0.25, 0.3) is 11.0 Å². The molecule has 1 aromatic carbocycles. The maximum absolute atomic E-state index is 11.8. The topological polar surface area (TPSA) is 93.0 Å². The molecule has 2 atom stereocenters. The molecule has 0 saturated carbocycles. The van der Waals surface area contributed by atoms with E-state index in [2.05, 4.69) is 15.3 Å². The maximum atomic E-state index is 11.8. The van der Waals surface area contributed by atoms with Crippen LogP contribution in [-0.4, -0.2) is 35.6 Å². The summed E-state index contributed by atoms with van der Waals surface area (Å²) in [6.07, 6.45) is 0. The van der Waals surface area contributed by atoms with E-state index in [4.69, 9.17) is 10.5 Å². The predicted octanol–water partition coefficient (Wildman–Crippen LogP) is 1.56. The van der Waals surface area contributed by atoms with Crippen LogP contribution >= 0.6 is 24.8 Å². The minimum absolute atomic E-state index is 0. The number of para-hydroxylation sites is 2. The van der Waals surface area contributed by atoms with E-state index in [1.807, 2.05) is 31.2 Å². The van der Waals surface area contributed by atoms with Crippen LogP contribution in [0.2, 0.25) is 0 Å². The lowest BCUT2D eigenvalue weighted by atomic mass is 10.2. The number of benzene rings is 1. The lowest BCUT2D eigenvalue weighted by molar-refractivity contribution is -0.124. The van der Waals surface area contributed by atoms with E-state index in [0.29, 0.717) is 5.82 Å².